The lowest BCUT2D eigenvalue weighted by atomic mass is 10.1. The number of rotatable bonds is 2. The van der Waals surface area contributed by atoms with Crippen molar-refractivity contribution in [2.75, 3.05) is 5.73 Å². The first-order valence-corrected chi connectivity index (χ1v) is 5.05. The maximum absolute atomic E-state index is 12.9. The average Bonchev–Trinajstić information content (AvgIpc) is 2.20. The van der Waals surface area contributed by atoms with Gasteiger partial charge in [0.15, 0.2) is 0 Å². The summed E-state index contributed by atoms with van der Waals surface area (Å²) in [5.74, 6) is 0.229. The Bertz CT molecular complexity index is 494. The highest BCUT2D eigenvalue weighted by molar-refractivity contribution is 5.81. The Morgan fingerprint density at radius 3 is 2.87 bits per heavy atom. The minimum absolute atomic E-state index is 0.280. The van der Waals surface area contributed by atoms with Crippen LogP contribution in [-0.2, 0) is 6.42 Å². The van der Waals surface area contributed by atoms with Gasteiger partial charge in [0.1, 0.15) is 11.6 Å². The van der Waals surface area contributed by atoms with E-state index in [4.69, 9.17) is 5.73 Å². The number of fused-ring (bicyclic) bond motifs is 1. The molecule has 0 amide bonds. The predicted molar refractivity (Wildman–Crippen MR) is 60.1 cm³/mol. The van der Waals surface area contributed by atoms with E-state index in [0.29, 0.717) is 11.3 Å². The van der Waals surface area contributed by atoms with E-state index < -0.39 is 0 Å². The third-order valence-corrected chi connectivity index (χ3v) is 2.41. The highest BCUT2D eigenvalue weighted by Crippen LogP contribution is 2.20. The fourth-order valence-electron chi connectivity index (χ4n) is 1.67. The molecular formula is C12H13FN2. The summed E-state index contributed by atoms with van der Waals surface area (Å²) in [6.45, 7) is 2.09. The number of pyridine rings is 1. The van der Waals surface area contributed by atoms with Crippen LogP contribution in [0.4, 0.5) is 10.2 Å². The van der Waals surface area contributed by atoms with Gasteiger partial charge < -0.3 is 5.73 Å². The molecule has 2 rings (SSSR count). The van der Waals surface area contributed by atoms with Crippen molar-refractivity contribution >= 4 is 16.7 Å². The molecule has 0 saturated carbocycles. The van der Waals surface area contributed by atoms with Crippen molar-refractivity contribution in [1.29, 1.82) is 0 Å². The molecule has 2 N–H and O–H groups in total. The van der Waals surface area contributed by atoms with Crippen molar-refractivity contribution in [3.05, 3.63) is 35.6 Å². The zero-order valence-corrected chi connectivity index (χ0v) is 8.63. The van der Waals surface area contributed by atoms with E-state index in [1.807, 2.05) is 6.07 Å². The third kappa shape index (κ3) is 1.91. The van der Waals surface area contributed by atoms with Gasteiger partial charge in [0, 0.05) is 11.5 Å². The Kier molecular flexibility index (Phi) is 2.54. The topological polar surface area (TPSA) is 38.9 Å². The molecule has 2 nitrogen and oxygen atoms in total. The van der Waals surface area contributed by atoms with Gasteiger partial charge in [-0.3, -0.25) is 0 Å². The van der Waals surface area contributed by atoms with Crippen LogP contribution in [-0.4, -0.2) is 4.98 Å². The number of aromatic nitrogens is 1. The Balaban J connectivity index is 2.60. The van der Waals surface area contributed by atoms with Crippen LogP contribution < -0.4 is 5.73 Å². The van der Waals surface area contributed by atoms with Crippen molar-refractivity contribution < 1.29 is 4.39 Å². The predicted octanol–water partition coefficient (Wildman–Crippen LogP) is 2.91. The number of benzene rings is 1. The second-order valence-electron chi connectivity index (χ2n) is 3.62. The molecule has 0 aliphatic carbocycles. The van der Waals surface area contributed by atoms with Crippen molar-refractivity contribution in [3.8, 4) is 0 Å². The molecule has 78 valence electrons. The average molecular weight is 204 g/mol. The Labute approximate surface area is 87.9 Å². The van der Waals surface area contributed by atoms with Gasteiger partial charge in [0.25, 0.3) is 0 Å². The van der Waals surface area contributed by atoms with Gasteiger partial charge in [-0.15, -0.1) is 0 Å². The van der Waals surface area contributed by atoms with E-state index in [1.54, 1.807) is 6.07 Å². The van der Waals surface area contributed by atoms with Crippen LogP contribution in [0.25, 0.3) is 10.9 Å². The maximum atomic E-state index is 12.9. The number of hydrogen-bond donors (Lipinski definition) is 1. The minimum atomic E-state index is -0.280. The Morgan fingerprint density at radius 1 is 1.33 bits per heavy atom. The molecule has 15 heavy (non-hydrogen) atoms. The second kappa shape index (κ2) is 3.85. The molecule has 1 aromatic carbocycles. The van der Waals surface area contributed by atoms with Crippen molar-refractivity contribution in [1.82, 2.24) is 4.98 Å². The summed E-state index contributed by atoms with van der Waals surface area (Å²) in [5, 5.41) is 0.939. The summed E-state index contributed by atoms with van der Waals surface area (Å²) in [5.41, 5.74) is 7.45. The molecule has 0 saturated heterocycles. The van der Waals surface area contributed by atoms with Gasteiger partial charge in [-0.1, -0.05) is 13.3 Å². The molecule has 3 heteroatoms. The molecular weight excluding hydrogens is 191 g/mol. The molecule has 0 atom stereocenters. The first kappa shape index (κ1) is 9.90. The number of anilines is 1. The summed E-state index contributed by atoms with van der Waals surface area (Å²) in [6, 6.07) is 6.56. The molecule has 0 bridgehead atoms. The molecule has 0 spiro atoms. The smallest absolute Gasteiger partial charge is 0.127 e. The van der Waals surface area contributed by atoms with Crippen LogP contribution in [0, 0.1) is 5.82 Å². The third-order valence-electron chi connectivity index (χ3n) is 2.41. The highest BCUT2D eigenvalue weighted by atomic mass is 19.1. The summed E-state index contributed by atoms with van der Waals surface area (Å²) < 4.78 is 12.9. The maximum Gasteiger partial charge on any atom is 0.127 e. The van der Waals surface area contributed by atoms with E-state index in [0.717, 1.165) is 23.8 Å². The molecule has 2 aromatic rings. The van der Waals surface area contributed by atoms with Crippen molar-refractivity contribution in [2.45, 2.75) is 19.8 Å². The van der Waals surface area contributed by atoms with E-state index >= 15 is 0 Å². The fraction of sp³-hybridized carbons (Fsp3) is 0.250. The minimum Gasteiger partial charge on any atom is -0.383 e. The molecule has 0 unspecified atom stereocenters. The highest BCUT2D eigenvalue weighted by Gasteiger charge is 2.03. The zero-order valence-electron chi connectivity index (χ0n) is 8.63. The monoisotopic (exact) mass is 204 g/mol. The molecule has 0 fully saturated rings. The first-order chi connectivity index (χ1) is 7.20. The van der Waals surface area contributed by atoms with Gasteiger partial charge in [0.05, 0.1) is 5.52 Å². The quantitative estimate of drug-likeness (QED) is 0.816. The van der Waals surface area contributed by atoms with Crippen molar-refractivity contribution in [3.63, 3.8) is 0 Å². The summed E-state index contributed by atoms with van der Waals surface area (Å²) in [6.07, 6.45) is 1.94. The number of aryl methyl sites for hydroxylation is 1. The van der Waals surface area contributed by atoms with Crippen LogP contribution in [0.3, 0.4) is 0 Å². The lowest BCUT2D eigenvalue weighted by Crippen LogP contribution is -1.98. The number of halogens is 1. The normalized spacial score (nSPS) is 10.8. The van der Waals surface area contributed by atoms with Crippen molar-refractivity contribution in [2.24, 2.45) is 0 Å². The molecule has 0 radical (unpaired) electrons. The largest absolute Gasteiger partial charge is 0.383 e. The van der Waals surface area contributed by atoms with E-state index in [-0.39, 0.29) is 5.82 Å². The lowest BCUT2D eigenvalue weighted by molar-refractivity contribution is 0.629. The first-order valence-electron chi connectivity index (χ1n) is 5.05. The molecule has 0 aliphatic rings. The summed E-state index contributed by atoms with van der Waals surface area (Å²) in [7, 11) is 0. The number of hydrogen-bond acceptors (Lipinski definition) is 2. The number of nitrogen functional groups attached to an aromatic ring is 1. The van der Waals surface area contributed by atoms with Crippen LogP contribution >= 0.6 is 0 Å². The summed E-state index contributed by atoms with van der Waals surface area (Å²) in [4.78, 5) is 4.19. The fourth-order valence-corrected chi connectivity index (χ4v) is 1.67. The standard InChI is InChI=1S/C12H13FN2/c1-2-3-9-6-8-4-5-10(13)7-11(8)15-12(9)14/h4-7H,2-3H2,1H3,(H2,14,15). The van der Waals surface area contributed by atoms with Gasteiger partial charge in [0.2, 0.25) is 0 Å². The van der Waals surface area contributed by atoms with E-state index in [2.05, 4.69) is 11.9 Å². The number of nitrogens with two attached hydrogens (primary N) is 1. The molecule has 1 aromatic heterocycles. The Hall–Kier alpha value is -1.64. The second-order valence-corrected chi connectivity index (χ2v) is 3.62. The van der Waals surface area contributed by atoms with E-state index in [1.165, 1.54) is 12.1 Å². The lowest BCUT2D eigenvalue weighted by Gasteiger charge is -2.05. The van der Waals surface area contributed by atoms with E-state index in [9.17, 15) is 4.39 Å². The van der Waals surface area contributed by atoms with Gasteiger partial charge in [-0.05, 0) is 30.2 Å². The Morgan fingerprint density at radius 2 is 2.13 bits per heavy atom. The van der Waals surface area contributed by atoms with Gasteiger partial charge >= 0.3 is 0 Å². The van der Waals surface area contributed by atoms with Crippen LogP contribution in [0.1, 0.15) is 18.9 Å². The van der Waals surface area contributed by atoms with Crippen LogP contribution in [0.5, 0.6) is 0 Å². The van der Waals surface area contributed by atoms with Crippen LogP contribution in [0.2, 0.25) is 0 Å². The SMILES string of the molecule is CCCc1cc2ccc(F)cc2nc1N. The van der Waals surface area contributed by atoms with Gasteiger partial charge in [-0.2, -0.15) is 0 Å². The zero-order chi connectivity index (χ0) is 10.8. The summed E-state index contributed by atoms with van der Waals surface area (Å²) >= 11 is 0. The molecule has 0 aliphatic heterocycles. The van der Waals surface area contributed by atoms with Gasteiger partial charge in [-0.25, -0.2) is 9.37 Å². The molecule has 1 heterocycles. The number of nitrogens with zero attached hydrogens (tertiary/aromatic N) is 1. The van der Waals surface area contributed by atoms with Crippen LogP contribution in [0.15, 0.2) is 24.3 Å².